The predicted octanol–water partition coefficient (Wildman–Crippen LogP) is -0.171. The second kappa shape index (κ2) is 3.92. The van der Waals surface area contributed by atoms with E-state index in [1.54, 1.807) is 0 Å². The van der Waals surface area contributed by atoms with Crippen molar-refractivity contribution in [2.75, 3.05) is 0 Å². The molecular formula is C8H9B3N2. The summed E-state index contributed by atoms with van der Waals surface area (Å²) in [4.78, 5) is 0. The molecule has 2 radical (unpaired) electrons. The van der Waals surface area contributed by atoms with Crippen LogP contribution in [0.5, 0.6) is 0 Å². The van der Waals surface area contributed by atoms with Gasteiger partial charge in [0.15, 0.2) is 0 Å². The van der Waals surface area contributed by atoms with Crippen LogP contribution in [0, 0.1) is 0 Å². The van der Waals surface area contributed by atoms with E-state index in [-0.39, 0.29) is 0 Å². The number of nitrogens with one attached hydrogen (secondary N) is 1. The van der Waals surface area contributed by atoms with Crippen LogP contribution < -0.4 is 5.23 Å². The summed E-state index contributed by atoms with van der Waals surface area (Å²) in [6, 6.07) is 8.46. The molecule has 0 aliphatic carbocycles. The molecule has 0 unspecified atom stereocenters. The second-order valence-corrected chi connectivity index (χ2v) is 3.17. The third-order valence-electron chi connectivity index (χ3n) is 2.05. The van der Waals surface area contributed by atoms with Gasteiger partial charge in [-0.2, -0.15) is 0 Å². The Morgan fingerprint density at radius 1 is 1.15 bits per heavy atom. The van der Waals surface area contributed by atoms with Crippen molar-refractivity contribution < 1.29 is 0 Å². The molecule has 60 valence electrons. The molecular weight excluding hydrogens is 157 g/mol. The standard InChI is InChI=1S/C8H9B3N2/c9-12-5-7-1-3-8(4-2-7)6-13-10-11-13/h1-4,12H,5-6H2. The molecule has 2 rings (SSSR count). The third kappa shape index (κ3) is 2.56. The van der Waals surface area contributed by atoms with Gasteiger partial charge < -0.3 is 0 Å². The van der Waals surface area contributed by atoms with Crippen LogP contribution in [0.3, 0.4) is 0 Å². The fourth-order valence-corrected chi connectivity index (χ4v) is 1.24. The first-order valence-corrected chi connectivity index (χ1v) is 4.34. The Labute approximate surface area is 80.9 Å². The fraction of sp³-hybridized carbons (Fsp3) is 0.250. The zero-order valence-electron chi connectivity index (χ0n) is 7.40. The average Bonchev–Trinajstić information content (AvgIpc) is 2.93. The van der Waals surface area contributed by atoms with Crippen LogP contribution in [-0.4, -0.2) is 26.6 Å². The molecule has 0 aromatic heterocycles. The molecule has 0 bridgehead atoms. The van der Waals surface area contributed by atoms with Gasteiger partial charge >= 0.3 is 80.3 Å². The normalized spacial score (nSPS) is 12.2. The number of benzene rings is 1. The quantitative estimate of drug-likeness (QED) is 0.624. The van der Waals surface area contributed by atoms with E-state index in [9.17, 15) is 0 Å². The summed E-state index contributed by atoms with van der Waals surface area (Å²) in [6.07, 6.45) is 0. The van der Waals surface area contributed by atoms with Crippen molar-refractivity contribution in [1.82, 2.24) is 9.95 Å². The van der Waals surface area contributed by atoms with E-state index >= 15 is 0 Å². The van der Waals surface area contributed by atoms with E-state index in [1.807, 2.05) is 0 Å². The molecule has 0 saturated carbocycles. The van der Waals surface area contributed by atoms with Crippen LogP contribution in [0.4, 0.5) is 0 Å². The number of hydrogen-bond donors (Lipinski definition) is 1. The van der Waals surface area contributed by atoms with Gasteiger partial charge in [0.25, 0.3) is 0 Å². The molecule has 0 amide bonds. The summed E-state index contributed by atoms with van der Waals surface area (Å²) >= 11 is 0. The van der Waals surface area contributed by atoms with E-state index in [1.165, 1.54) is 11.1 Å². The average molecular weight is 166 g/mol. The fourth-order valence-electron chi connectivity index (χ4n) is 1.24. The van der Waals surface area contributed by atoms with Crippen molar-refractivity contribution in [3.63, 3.8) is 0 Å². The van der Waals surface area contributed by atoms with Gasteiger partial charge in [0, 0.05) is 0 Å². The van der Waals surface area contributed by atoms with Gasteiger partial charge in [-0.05, 0) is 0 Å². The minimum atomic E-state index is 0.724. The molecule has 1 aromatic carbocycles. The number of rotatable bonds is 4. The molecule has 1 aliphatic rings. The van der Waals surface area contributed by atoms with Crippen molar-refractivity contribution in [3.05, 3.63) is 35.4 Å². The van der Waals surface area contributed by atoms with Gasteiger partial charge in [-0.1, -0.05) is 0 Å². The summed E-state index contributed by atoms with van der Waals surface area (Å²) in [5.41, 5.74) is 2.54. The van der Waals surface area contributed by atoms with E-state index < -0.39 is 0 Å². The molecule has 0 fully saturated rings. The van der Waals surface area contributed by atoms with Crippen molar-refractivity contribution >= 4 is 21.9 Å². The molecule has 1 N–H and O–H groups in total. The first kappa shape index (κ1) is 8.76. The molecule has 13 heavy (non-hydrogen) atoms. The number of hydrogen-bond acceptors (Lipinski definition) is 2. The Balaban J connectivity index is 1.96. The van der Waals surface area contributed by atoms with Gasteiger partial charge in [-0.25, -0.2) is 0 Å². The van der Waals surface area contributed by atoms with Gasteiger partial charge in [-0.3, -0.25) is 0 Å². The van der Waals surface area contributed by atoms with Crippen LogP contribution in [0.15, 0.2) is 24.3 Å². The monoisotopic (exact) mass is 166 g/mol. The number of nitrogens with zero attached hydrogens (tertiary/aromatic N) is 1. The molecule has 1 aromatic rings. The first-order chi connectivity index (χ1) is 6.38. The van der Waals surface area contributed by atoms with E-state index in [0.717, 1.165) is 13.1 Å². The Hall–Kier alpha value is -0.825. The summed E-state index contributed by atoms with van der Waals surface area (Å²) in [6.45, 7) is 5.84. The Morgan fingerprint density at radius 3 is 2.31 bits per heavy atom. The first-order valence-electron chi connectivity index (χ1n) is 4.34. The summed E-state index contributed by atoms with van der Waals surface area (Å²) in [5.74, 6) is 0. The van der Waals surface area contributed by atoms with Crippen molar-refractivity contribution in [1.29, 1.82) is 0 Å². The second-order valence-electron chi connectivity index (χ2n) is 3.17. The van der Waals surface area contributed by atoms with Crippen LogP contribution in [0.25, 0.3) is 0 Å². The predicted molar refractivity (Wildman–Crippen MR) is 56.1 cm³/mol. The van der Waals surface area contributed by atoms with Crippen molar-refractivity contribution in [3.8, 4) is 0 Å². The Bertz CT molecular complexity index is 304. The summed E-state index contributed by atoms with van der Waals surface area (Å²) in [5, 5.41) is 2.63. The molecule has 0 spiro atoms. The topological polar surface area (TPSA) is 15.0 Å². The van der Waals surface area contributed by atoms with Crippen LogP contribution in [-0.2, 0) is 13.1 Å². The minimum absolute atomic E-state index is 0.724. The van der Waals surface area contributed by atoms with Crippen molar-refractivity contribution in [2.45, 2.75) is 13.1 Å². The van der Waals surface area contributed by atoms with Crippen LogP contribution in [0.2, 0.25) is 0 Å². The maximum absolute atomic E-state index is 5.22. The Morgan fingerprint density at radius 2 is 1.77 bits per heavy atom. The van der Waals surface area contributed by atoms with E-state index in [2.05, 4.69) is 48.1 Å². The van der Waals surface area contributed by atoms with Gasteiger partial charge in [0.05, 0.1) is 0 Å². The van der Waals surface area contributed by atoms with Crippen LogP contribution >= 0.6 is 0 Å². The van der Waals surface area contributed by atoms with Crippen LogP contribution in [0.1, 0.15) is 11.1 Å². The molecule has 0 saturated heterocycles. The molecule has 5 heteroatoms. The molecule has 0 atom stereocenters. The molecule has 2 nitrogen and oxygen atoms in total. The Kier molecular flexibility index (Phi) is 2.64. The van der Waals surface area contributed by atoms with E-state index in [4.69, 9.17) is 7.98 Å². The van der Waals surface area contributed by atoms with Gasteiger partial charge in [-0.15, -0.1) is 0 Å². The zero-order chi connectivity index (χ0) is 9.10. The third-order valence-corrected chi connectivity index (χ3v) is 2.05. The maximum atomic E-state index is 5.22. The van der Waals surface area contributed by atoms with Gasteiger partial charge in [0.2, 0.25) is 0 Å². The molecule has 1 heterocycles. The van der Waals surface area contributed by atoms with Gasteiger partial charge in [0.1, 0.15) is 0 Å². The zero-order valence-corrected chi connectivity index (χ0v) is 7.40. The molecule has 1 aliphatic heterocycles. The SMILES string of the molecule is [B]NCc1ccc(CN2B=B2)cc1. The summed E-state index contributed by atoms with van der Waals surface area (Å²) in [7, 11) is 5.22. The van der Waals surface area contributed by atoms with Crippen molar-refractivity contribution in [2.24, 2.45) is 0 Å². The van der Waals surface area contributed by atoms with E-state index in [0.29, 0.717) is 0 Å². The summed E-state index contributed by atoms with van der Waals surface area (Å²) < 4.78 is 2.15.